The van der Waals surface area contributed by atoms with Gasteiger partial charge in [0.05, 0.1) is 12.5 Å². The Morgan fingerprint density at radius 2 is 2.19 bits per heavy atom. The molecule has 82 valence electrons. The minimum absolute atomic E-state index is 0.357. The van der Waals surface area contributed by atoms with Crippen molar-refractivity contribution in [2.75, 3.05) is 6.61 Å². The van der Waals surface area contributed by atoms with Crippen LogP contribution in [0, 0.1) is 3.01 Å². The van der Waals surface area contributed by atoms with Crippen LogP contribution in [0.3, 0.4) is 0 Å². The van der Waals surface area contributed by atoms with Crippen LogP contribution in [0.4, 0.5) is 0 Å². The predicted octanol–water partition coefficient (Wildman–Crippen LogP) is 2.86. The standard InChI is InChI=1S/C11H9IN2OS/c12-11-14-13-10(16-11)8-5-7-3-1-2-4-9(7)15-6-8/h1-4,8H,5-6H2. The quantitative estimate of drug-likeness (QED) is 0.747. The molecule has 3 rings (SSSR count). The van der Waals surface area contributed by atoms with Crippen LogP contribution in [0.2, 0.25) is 0 Å². The number of benzene rings is 1. The summed E-state index contributed by atoms with van der Waals surface area (Å²) in [7, 11) is 0. The lowest BCUT2D eigenvalue weighted by Gasteiger charge is -2.23. The lowest BCUT2D eigenvalue weighted by atomic mass is 9.97. The number of hydrogen-bond acceptors (Lipinski definition) is 4. The topological polar surface area (TPSA) is 35.0 Å². The molecule has 0 aliphatic carbocycles. The Labute approximate surface area is 111 Å². The zero-order valence-corrected chi connectivity index (χ0v) is 11.4. The number of ether oxygens (including phenoxy) is 1. The van der Waals surface area contributed by atoms with Gasteiger partial charge in [-0.25, -0.2) is 0 Å². The van der Waals surface area contributed by atoms with Crippen LogP contribution in [0.25, 0.3) is 0 Å². The van der Waals surface area contributed by atoms with Crippen molar-refractivity contribution in [2.45, 2.75) is 12.3 Å². The summed E-state index contributed by atoms with van der Waals surface area (Å²) in [5.41, 5.74) is 1.27. The Balaban J connectivity index is 1.88. The van der Waals surface area contributed by atoms with Crippen LogP contribution >= 0.6 is 33.9 Å². The summed E-state index contributed by atoms with van der Waals surface area (Å²) < 4.78 is 6.73. The highest BCUT2D eigenvalue weighted by molar-refractivity contribution is 14.1. The summed E-state index contributed by atoms with van der Waals surface area (Å²) in [6, 6.07) is 8.20. The van der Waals surface area contributed by atoms with Crippen molar-refractivity contribution in [1.82, 2.24) is 10.2 Å². The monoisotopic (exact) mass is 344 g/mol. The minimum atomic E-state index is 0.357. The van der Waals surface area contributed by atoms with Crippen molar-refractivity contribution in [3.63, 3.8) is 0 Å². The molecule has 1 aromatic carbocycles. The molecule has 2 aromatic rings. The molecule has 0 saturated carbocycles. The first kappa shape index (κ1) is 10.5. The molecule has 2 heterocycles. The molecule has 0 saturated heterocycles. The van der Waals surface area contributed by atoms with Gasteiger partial charge in [-0.1, -0.05) is 29.5 Å². The van der Waals surface area contributed by atoms with Gasteiger partial charge in [0.25, 0.3) is 0 Å². The SMILES string of the molecule is Ic1nnc(C2COc3ccccc3C2)s1. The molecule has 0 fully saturated rings. The molecule has 1 aliphatic rings. The minimum Gasteiger partial charge on any atom is -0.493 e. The summed E-state index contributed by atoms with van der Waals surface area (Å²) in [5.74, 6) is 1.37. The molecule has 16 heavy (non-hydrogen) atoms. The Morgan fingerprint density at radius 3 is 3.00 bits per heavy atom. The van der Waals surface area contributed by atoms with Gasteiger partial charge >= 0.3 is 0 Å². The number of fused-ring (bicyclic) bond motifs is 1. The Hall–Kier alpha value is -0.690. The molecule has 1 aliphatic heterocycles. The Bertz CT molecular complexity index is 514. The van der Waals surface area contributed by atoms with Crippen molar-refractivity contribution in [3.8, 4) is 5.75 Å². The maximum atomic E-state index is 5.74. The van der Waals surface area contributed by atoms with Gasteiger partial charge in [-0.05, 0) is 40.6 Å². The zero-order valence-electron chi connectivity index (χ0n) is 8.39. The van der Waals surface area contributed by atoms with E-state index < -0.39 is 0 Å². The van der Waals surface area contributed by atoms with Crippen molar-refractivity contribution < 1.29 is 4.74 Å². The molecule has 0 spiro atoms. The van der Waals surface area contributed by atoms with Crippen molar-refractivity contribution in [1.29, 1.82) is 0 Å². The fraction of sp³-hybridized carbons (Fsp3) is 0.273. The van der Waals surface area contributed by atoms with Crippen LogP contribution in [0.5, 0.6) is 5.75 Å². The molecular formula is C11H9IN2OS. The number of hydrogen-bond donors (Lipinski definition) is 0. The molecular weight excluding hydrogens is 335 g/mol. The molecule has 0 N–H and O–H groups in total. The van der Waals surface area contributed by atoms with Crippen molar-refractivity contribution in [2.24, 2.45) is 0 Å². The normalized spacial score (nSPS) is 18.9. The van der Waals surface area contributed by atoms with E-state index in [-0.39, 0.29) is 0 Å². The third-order valence-corrected chi connectivity index (χ3v) is 4.39. The van der Waals surface area contributed by atoms with Gasteiger partial charge in [0.1, 0.15) is 10.8 Å². The van der Waals surface area contributed by atoms with E-state index in [0.717, 1.165) is 20.2 Å². The second kappa shape index (κ2) is 4.29. The van der Waals surface area contributed by atoms with Crippen molar-refractivity contribution >= 4 is 33.9 Å². The fourth-order valence-corrected chi connectivity index (χ4v) is 3.31. The highest BCUT2D eigenvalue weighted by Crippen LogP contribution is 2.33. The van der Waals surface area contributed by atoms with Gasteiger partial charge in [-0.3, -0.25) is 0 Å². The van der Waals surface area contributed by atoms with Gasteiger partial charge in [0, 0.05) is 0 Å². The first-order valence-corrected chi connectivity index (χ1v) is 6.92. The summed E-state index contributed by atoms with van der Waals surface area (Å²) in [5, 5.41) is 9.32. The largest absolute Gasteiger partial charge is 0.493 e. The van der Waals surface area contributed by atoms with E-state index in [1.807, 2.05) is 12.1 Å². The Kier molecular flexibility index (Phi) is 2.81. The van der Waals surface area contributed by atoms with Crippen LogP contribution in [-0.4, -0.2) is 16.8 Å². The van der Waals surface area contributed by atoms with E-state index in [1.54, 1.807) is 11.3 Å². The summed E-state index contributed by atoms with van der Waals surface area (Å²) in [4.78, 5) is 0. The lowest BCUT2D eigenvalue weighted by Crippen LogP contribution is -2.18. The fourth-order valence-electron chi connectivity index (χ4n) is 1.87. The van der Waals surface area contributed by atoms with Gasteiger partial charge in [-0.2, -0.15) is 0 Å². The van der Waals surface area contributed by atoms with E-state index in [9.17, 15) is 0 Å². The van der Waals surface area contributed by atoms with Crippen molar-refractivity contribution in [3.05, 3.63) is 37.9 Å². The smallest absolute Gasteiger partial charge is 0.178 e. The third-order valence-electron chi connectivity index (χ3n) is 2.64. The van der Waals surface area contributed by atoms with E-state index in [1.165, 1.54) is 5.56 Å². The van der Waals surface area contributed by atoms with Crippen LogP contribution in [0.1, 0.15) is 16.5 Å². The second-order valence-electron chi connectivity index (χ2n) is 3.71. The number of rotatable bonds is 1. The van der Waals surface area contributed by atoms with Gasteiger partial charge in [-0.15, -0.1) is 10.2 Å². The molecule has 3 nitrogen and oxygen atoms in total. The highest BCUT2D eigenvalue weighted by atomic mass is 127. The molecule has 1 aromatic heterocycles. The van der Waals surface area contributed by atoms with Crippen LogP contribution < -0.4 is 4.74 Å². The molecule has 5 heteroatoms. The Morgan fingerprint density at radius 1 is 1.31 bits per heavy atom. The molecule has 0 radical (unpaired) electrons. The first-order valence-electron chi connectivity index (χ1n) is 5.02. The third kappa shape index (κ3) is 1.93. The average molecular weight is 344 g/mol. The lowest BCUT2D eigenvalue weighted by molar-refractivity contribution is 0.262. The summed E-state index contributed by atoms with van der Waals surface area (Å²) in [6.45, 7) is 0.711. The second-order valence-corrected chi connectivity index (χ2v) is 6.48. The van der Waals surface area contributed by atoms with Gasteiger partial charge in [0.15, 0.2) is 3.01 Å². The number of nitrogens with zero attached hydrogens (tertiary/aromatic N) is 2. The molecule has 1 atom stereocenters. The maximum Gasteiger partial charge on any atom is 0.178 e. The molecule has 0 bridgehead atoms. The van der Waals surface area contributed by atoms with E-state index in [0.29, 0.717) is 12.5 Å². The summed E-state index contributed by atoms with van der Waals surface area (Å²) in [6.07, 6.45) is 1.00. The first-order chi connectivity index (χ1) is 7.83. The summed E-state index contributed by atoms with van der Waals surface area (Å²) >= 11 is 3.85. The molecule has 1 unspecified atom stereocenters. The van der Waals surface area contributed by atoms with E-state index in [4.69, 9.17) is 4.74 Å². The zero-order chi connectivity index (χ0) is 11.0. The maximum absolute atomic E-state index is 5.74. The predicted molar refractivity (Wildman–Crippen MR) is 71.0 cm³/mol. The number of halogens is 1. The number of aromatic nitrogens is 2. The van der Waals surface area contributed by atoms with Crippen LogP contribution in [-0.2, 0) is 6.42 Å². The van der Waals surface area contributed by atoms with Gasteiger partial charge in [0.2, 0.25) is 0 Å². The highest BCUT2D eigenvalue weighted by Gasteiger charge is 2.23. The van der Waals surface area contributed by atoms with Crippen LogP contribution in [0.15, 0.2) is 24.3 Å². The van der Waals surface area contributed by atoms with E-state index >= 15 is 0 Å². The average Bonchev–Trinajstić information content (AvgIpc) is 2.75. The molecule has 0 amide bonds. The number of para-hydroxylation sites is 1. The van der Waals surface area contributed by atoms with Gasteiger partial charge < -0.3 is 4.74 Å². The van der Waals surface area contributed by atoms with E-state index in [2.05, 4.69) is 44.9 Å².